The highest BCUT2D eigenvalue weighted by Crippen LogP contribution is 2.13. The molecule has 6 nitrogen and oxygen atoms in total. The lowest BCUT2D eigenvalue weighted by atomic mass is 10.1. The molecule has 0 rings (SSSR count). The second kappa shape index (κ2) is 49.7. The lowest BCUT2D eigenvalue weighted by Crippen LogP contribution is -2.30. The van der Waals surface area contributed by atoms with Crippen LogP contribution in [0.2, 0.25) is 0 Å². The van der Waals surface area contributed by atoms with Crippen molar-refractivity contribution >= 4 is 17.9 Å². The fourth-order valence-electron chi connectivity index (χ4n) is 6.42. The van der Waals surface area contributed by atoms with Crippen LogP contribution in [0.3, 0.4) is 0 Å². The molecule has 0 N–H and O–H groups in total. The Labute approximate surface area is 380 Å². The van der Waals surface area contributed by atoms with Gasteiger partial charge in [-0.15, -0.1) is 0 Å². The van der Waals surface area contributed by atoms with Crippen molar-refractivity contribution in [1.29, 1.82) is 0 Å². The Morgan fingerprint density at radius 3 is 1.13 bits per heavy atom. The van der Waals surface area contributed by atoms with Gasteiger partial charge in [-0.2, -0.15) is 0 Å². The molecule has 0 radical (unpaired) electrons. The summed E-state index contributed by atoms with van der Waals surface area (Å²) in [5.74, 6) is -1.01. The van der Waals surface area contributed by atoms with Gasteiger partial charge in [0, 0.05) is 19.3 Å². The number of rotatable bonds is 43. The first kappa shape index (κ1) is 58.1. The Kier molecular flexibility index (Phi) is 46.6. The van der Waals surface area contributed by atoms with E-state index >= 15 is 0 Å². The van der Waals surface area contributed by atoms with Gasteiger partial charge < -0.3 is 14.2 Å². The van der Waals surface area contributed by atoms with Crippen LogP contribution in [-0.4, -0.2) is 37.2 Å². The molecule has 350 valence electrons. The second-order valence-electron chi connectivity index (χ2n) is 16.2. The Hall–Kier alpha value is -3.93. The second-order valence-corrected chi connectivity index (χ2v) is 16.2. The third-order valence-electron chi connectivity index (χ3n) is 10.2. The number of carbonyl (C=O) groups excluding carboxylic acids is 3. The van der Waals surface area contributed by atoms with Crippen LogP contribution in [0.15, 0.2) is 109 Å². The molecule has 0 fully saturated rings. The molecule has 0 amide bonds. The van der Waals surface area contributed by atoms with Crippen LogP contribution in [0.25, 0.3) is 0 Å². The normalized spacial score (nSPS) is 13.0. The molecular formula is C56H90O6. The van der Waals surface area contributed by atoms with Crippen molar-refractivity contribution in [3.05, 3.63) is 109 Å². The molecule has 0 heterocycles. The summed E-state index contributed by atoms with van der Waals surface area (Å²) in [4.78, 5) is 37.8. The largest absolute Gasteiger partial charge is 0.462 e. The zero-order valence-corrected chi connectivity index (χ0v) is 39.8. The minimum Gasteiger partial charge on any atom is -0.462 e. The van der Waals surface area contributed by atoms with E-state index in [1.165, 1.54) is 83.5 Å². The Morgan fingerprint density at radius 2 is 0.661 bits per heavy atom. The van der Waals surface area contributed by atoms with Crippen molar-refractivity contribution in [3.63, 3.8) is 0 Å². The van der Waals surface area contributed by atoms with Gasteiger partial charge in [-0.1, -0.05) is 214 Å². The topological polar surface area (TPSA) is 78.9 Å². The summed E-state index contributed by atoms with van der Waals surface area (Å²) in [5.41, 5.74) is 0. The lowest BCUT2D eigenvalue weighted by molar-refractivity contribution is -0.167. The van der Waals surface area contributed by atoms with E-state index in [9.17, 15) is 14.4 Å². The standard InChI is InChI=1S/C56H90O6/c1-4-7-10-13-16-19-21-23-25-27-28-29-31-32-34-37-40-43-46-49-55(58)61-52-53(51-60-54(57)48-45-42-39-36-18-15-12-9-6-3)62-56(59)50-47-44-41-38-35-33-30-26-24-22-20-17-14-11-8-5-2/h7,10,13,16,19,21,23,25-32,34,36,39,53H,4-6,8-9,11-12,14-15,17-18,20,22,24,33,35,37-38,40-52H2,1-3H3/b10-7-,16-13-,21-19-,25-23-,28-27+,30-26-,31-29-,34-32-,39-36-. The minimum absolute atomic E-state index is 0.114. The summed E-state index contributed by atoms with van der Waals surface area (Å²) < 4.78 is 16.7. The van der Waals surface area contributed by atoms with Crippen molar-refractivity contribution < 1.29 is 28.6 Å². The minimum atomic E-state index is -0.812. The SMILES string of the molecule is CC\C=C/C=C\C=C/C=C\C=C\C=C/C=C\CCCCCC(=O)OCC(COC(=O)CCC/C=C\CCCCCC)OC(=O)CCCCCCC/C=C\CCCCCCCCC. The zero-order chi connectivity index (χ0) is 45.1. The number of unbranched alkanes of at least 4 members (excludes halogenated alkanes) is 20. The highest BCUT2D eigenvalue weighted by atomic mass is 16.6. The fraction of sp³-hybridized carbons (Fsp3) is 0.625. The third kappa shape index (κ3) is 47.1. The van der Waals surface area contributed by atoms with Crippen LogP contribution in [0, 0.1) is 0 Å². The van der Waals surface area contributed by atoms with Crippen molar-refractivity contribution in [2.24, 2.45) is 0 Å². The van der Waals surface area contributed by atoms with Gasteiger partial charge in [-0.05, 0) is 83.5 Å². The molecule has 0 saturated heterocycles. The van der Waals surface area contributed by atoms with Crippen molar-refractivity contribution in [1.82, 2.24) is 0 Å². The van der Waals surface area contributed by atoms with Crippen LogP contribution in [-0.2, 0) is 28.6 Å². The molecule has 0 aromatic heterocycles. The molecule has 0 aromatic carbocycles. The lowest BCUT2D eigenvalue weighted by Gasteiger charge is -2.18. The fourth-order valence-corrected chi connectivity index (χ4v) is 6.42. The molecule has 0 saturated carbocycles. The predicted octanol–water partition coefficient (Wildman–Crippen LogP) is 16.4. The molecule has 0 aliphatic rings. The van der Waals surface area contributed by atoms with Crippen LogP contribution in [0.1, 0.15) is 207 Å². The van der Waals surface area contributed by atoms with Crippen molar-refractivity contribution in [3.8, 4) is 0 Å². The molecule has 0 aliphatic carbocycles. The van der Waals surface area contributed by atoms with Gasteiger partial charge in [0.1, 0.15) is 13.2 Å². The number of allylic oxidation sites excluding steroid dienone is 18. The van der Waals surface area contributed by atoms with Crippen LogP contribution >= 0.6 is 0 Å². The maximum atomic E-state index is 12.8. The Morgan fingerprint density at radius 1 is 0.339 bits per heavy atom. The van der Waals surface area contributed by atoms with Crippen molar-refractivity contribution in [2.45, 2.75) is 213 Å². The summed E-state index contributed by atoms with van der Waals surface area (Å²) in [7, 11) is 0. The molecule has 1 unspecified atom stereocenters. The highest BCUT2D eigenvalue weighted by Gasteiger charge is 2.19. The molecule has 6 heteroatoms. The zero-order valence-electron chi connectivity index (χ0n) is 39.8. The number of ether oxygens (including phenoxy) is 3. The van der Waals surface area contributed by atoms with E-state index in [4.69, 9.17) is 14.2 Å². The van der Waals surface area contributed by atoms with Crippen molar-refractivity contribution in [2.75, 3.05) is 13.2 Å². The third-order valence-corrected chi connectivity index (χ3v) is 10.2. The van der Waals surface area contributed by atoms with Crippen LogP contribution in [0.4, 0.5) is 0 Å². The van der Waals surface area contributed by atoms with Gasteiger partial charge in [-0.25, -0.2) is 0 Å². The van der Waals surface area contributed by atoms with Gasteiger partial charge >= 0.3 is 17.9 Å². The monoisotopic (exact) mass is 859 g/mol. The first-order valence-electron chi connectivity index (χ1n) is 25.0. The molecule has 0 spiro atoms. The number of hydrogen-bond acceptors (Lipinski definition) is 6. The van der Waals surface area contributed by atoms with Gasteiger partial charge in [0.2, 0.25) is 0 Å². The number of hydrogen-bond donors (Lipinski definition) is 0. The molecule has 0 bridgehead atoms. The summed E-state index contributed by atoms with van der Waals surface area (Å²) in [6.07, 6.45) is 66.5. The van der Waals surface area contributed by atoms with E-state index in [2.05, 4.69) is 57.2 Å². The van der Waals surface area contributed by atoms with E-state index in [0.717, 1.165) is 77.0 Å². The average molecular weight is 859 g/mol. The molecule has 0 aromatic rings. The molecular weight excluding hydrogens is 769 g/mol. The maximum Gasteiger partial charge on any atom is 0.306 e. The summed E-state index contributed by atoms with van der Waals surface area (Å²) in [6, 6.07) is 0. The highest BCUT2D eigenvalue weighted by molar-refractivity contribution is 5.71. The van der Waals surface area contributed by atoms with Gasteiger partial charge in [0.15, 0.2) is 6.10 Å². The first-order valence-corrected chi connectivity index (χ1v) is 25.0. The summed E-state index contributed by atoms with van der Waals surface area (Å²) in [6.45, 7) is 6.36. The Balaban J connectivity index is 4.49. The van der Waals surface area contributed by atoms with Gasteiger partial charge in [-0.3, -0.25) is 14.4 Å². The quantitative estimate of drug-likeness (QED) is 0.0200. The van der Waals surface area contributed by atoms with E-state index in [1.807, 2.05) is 72.9 Å². The molecule has 62 heavy (non-hydrogen) atoms. The smallest absolute Gasteiger partial charge is 0.306 e. The maximum absolute atomic E-state index is 12.8. The van der Waals surface area contributed by atoms with E-state index in [-0.39, 0.29) is 31.1 Å². The van der Waals surface area contributed by atoms with Gasteiger partial charge in [0.05, 0.1) is 0 Å². The van der Waals surface area contributed by atoms with Crippen LogP contribution in [0.5, 0.6) is 0 Å². The number of carbonyl (C=O) groups is 3. The summed E-state index contributed by atoms with van der Waals surface area (Å²) >= 11 is 0. The number of esters is 3. The average Bonchev–Trinajstić information content (AvgIpc) is 3.27. The molecule has 1 atom stereocenters. The first-order chi connectivity index (χ1) is 30.5. The van der Waals surface area contributed by atoms with E-state index < -0.39 is 6.10 Å². The summed E-state index contributed by atoms with van der Waals surface area (Å²) in [5, 5.41) is 0. The van der Waals surface area contributed by atoms with E-state index in [0.29, 0.717) is 25.7 Å². The Bertz CT molecular complexity index is 1310. The molecule has 0 aliphatic heterocycles. The van der Waals surface area contributed by atoms with Crippen LogP contribution < -0.4 is 0 Å². The van der Waals surface area contributed by atoms with Gasteiger partial charge in [0.25, 0.3) is 0 Å². The predicted molar refractivity (Wildman–Crippen MR) is 265 cm³/mol. The van der Waals surface area contributed by atoms with E-state index in [1.54, 1.807) is 0 Å².